The Kier molecular flexibility index (Phi) is 15.1. The zero-order valence-corrected chi connectivity index (χ0v) is 56.4. The van der Waals surface area contributed by atoms with Crippen molar-refractivity contribution in [2.24, 2.45) is 0 Å². The highest BCUT2D eigenvalue weighted by Gasteiger charge is 2.51. The van der Waals surface area contributed by atoms with Gasteiger partial charge in [0, 0.05) is 16.7 Å². The average molecular weight is 1310 g/mol. The molecule has 0 amide bonds. The molecule has 17 aromatic rings. The van der Waals surface area contributed by atoms with Crippen LogP contribution in [0.5, 0.6) is 0 Å². The van der Waals surface area contributed by atoms with Gasteiger partial charge in [0.15, 0.2) is 17.5 Å². The first kappa shape index (κ1) is 60.7. The maximum Gasteiger partial charge on any atom is 0.164 e. The molecule has 16 aromatic carbocycles. The summed E-state index contributed by atoms with van der Waals surface area (Å²) in [6.07, 6.45) is 0. The van der Waals surface area contributed by atoms with E-state index in [0.29, 0.717) is 17.5 Å². The Bertz CT molecular complexity index is 6050. The number of aromatic nitrogens is 3. The standard InChI is InChI=1S/C100H65N3/c1-3-21-66(22-4-1)72-25-13-29-76(57-72)80-33-17-34-81(61-80)78-31-15-27-74(59-78)68-47-51-70(52-48-68)97-101-98(103-99(102-97)88-40-20-39-86(64-88)84-37-18-35-82(62-84)77-30-14-26-73(58-77)67-23-5-2-6-24-67)71-53-49-69(50-54-71)75-28-16-32-79(60-75)83-36-19-38-85(63-83)87-55-56-92-91-43-9-12-46-95(91)100(96(92)65-87)93-44-10-7-41-89(93)90-42-8-11-45-94(90)100/h1-65H. The maximum atomic E-state index is 5.32. The lowest BCUT2D eigenvalue weighted by Crippen LogP contribution is -2.25. The van der Waals surface area contributed by atoms with E-state index in [-0.39, 0.29) is 0 Å². The number of hydrogen-bond donors (Lipinski definition) is 0. The third kappa shape index (κ3) is 11.1. The summed E-state index contributed by atoms with van der Waals surface area (Å²) in [5, 5.41) is 0. The molecule has 103 heavy (non-hydrogen) atoms. The number of nitrogens with zero attached hydrogens (tertiary/aromatic N) is 3. The third-order valence-corrected chi connectivity index (χ3v) is 21.0. The van der Waals surface area contributed by atoms with E-state index in [1.807, 2.05) is 0 Å². The van der Waals surface area contributed by atoms with Crippen molar-refractivity contribution in [3.8, 4) is 168 Å². The largest absolute Gasteiger partial charge is 0.208 e. The summed E-state index contributed by atoms with van der Waals surface area (Å²) in [6.45, 7) is 0. The van der Waals surface area contributed by atoms with Crippen LogP contribution in [0.15, 0.2) is 394 Å². The smallest absolute Gasteiger partial charge is 0.164 e. The van der Waals surface area contributed by atoms with E-state index in [0.717, 1.165) is 83.5 Å². The fourth-order valence-corrected chi connectivity index (χ4v) is 15.9. The van der Waals surface area contributed by atoms with Gasteiger partial charge in [-0.05, 0) is 210 Å². The van der Waals surface area contributed by atoms with Crippen molar-refractivity contribution < 1.29 is 0 Å². The number of rotatable bonds is 13. The van der Waals surface area contributed by atoms with Gasteiger partial charge in [-0.1, -0.05) is 340 Å². The van der Waals surface area contributed by atoms with Crippen LogP contribution in [0.25, 0.3) is 168 Å². The van der Waals surface area contributed by atoms with E-state index in [1.165, 1.54) is 89.0 Å². The summed E-state index contributed by atoms with van der Waals surface area (Å²) in [6, 6.07) is 143. The molecule has 2 aliphatic carbocycles. The molecule has 1 heterocycles. The highest BCUT2D eigenvalue weighted by atomic mass is 15.0. The lowest BCUT2D eigenvalue weighted by molar-refractivity contribution is 0.794. The molecule has 0 unspecified atom stereocenters. The van der Waals surface area contributed by atoms with Crippen LogP contribution < -0.4 is 0 Å². The molecule has 1 spiro atoms. The van der Waals surface area contributed by atoms with E-state index in [2.05, 4.69) is 394 Å². The van der Waals surface area contributed by atoms with Crippen LogP contribution in [0.4, 0.5) is 0 Å². The Hall–Kier alpha value is -13.5. The van der Waals surface area contributed by atoms with E-state index in [4.69, 9.17) is 15.0 Å². The summed E-state index contributed by atoms with van der Waals surface area (Å²) in [7, 11) is 0. The zero-order chi connectivity index (χ0) is 68.2. The van der Waals surface area contributed by atoms with Crippen molar-refractivity contribution in [1.29, 1.82) is 0 Å². The zero-order valence-electron chi connectivity index (χ0n) is 56.4. The highest BCUT2D eigenvalue weighted by molar-refractivity contribution is 5.96. The lowest BCUT2D eigenvalue weighted by atomic mass is 9.70. The van der Waals surface area contributed by atoms with Crippen molar-refractivity contribution in [1.82, 2.24) is 15.0 Å². The SMILES string of the molecule is c1ccc(-c2cccc(-c3cccc(-c4cccc(-c5ccc(-c6nc(-c7ccc(-c8cccc(-c9cccc(-c%10ccc%11c(c%10)C%10(c%12ccccc%12-c%12ccccc%12%10)c%10ccccc%10-%11)c9)c8)cc7)nc(-c7cccc(-c8cccc(-c9cccc(-c%10ccccc%10)c9)c8)c7)n6)cc5)c4)c3)c2)cc1. The lowest BCUT2D eigenvalue weighted by Gasteiger charge is -2.30. The van der Waals surface area contributed by atoms with E-state index in [1.54, 1.807) is 0 Å². The summed E-state index contributed by atoms with van der Waals surface area (Å²) in [5.74, 6) is 1.78. The first-order valence-electron chi connectivity index (χ1n) is 35.3. The van der Waals surface area contributed by atoms with Gasteiger partial charge in [-0.25, -0.2) is 15.0 Å². The van der Waals surface area contributed by atoms with Crippen molar-refractivity contribution in [2.45, 2.75) is 5.41 Å². The maximum absolute atomic E-state index is 5.32. The molecule has 0 saturated heterocycles. The number of fused-ring (bicyclic) bond motifs is 10. The summed E-state index contributed by atoms with van der Waals surface area (Å²) in [4.78, 5) is 15.9. The quantitative estimate of drug-likeness (QED) is 0.115. The molecule has 2 aliphatic rings. The van der Waals surface area contributed by atoms with Crippen molar-refractivity contribution in [3.63, 3.8) is 0 Å². The molecule has 0 fully saturated rings. The van der Waals surface area contributed by atoms with Gasteiger partial charge in [0.25, 0.3) is 0 Å². The van der Waals surface area contributed by atoms with Crippen LogP contribution in [-0.4, -0.2) is 15.0 Å². The van der Waals surface area contributed by atoms with Gasteiger partial charge in [-0.3, -0.25) is 0 Å². The van der Waals surface area contributed by atoms with Crippen molar-refractivity contribution in [2.75, 3.05) is 0 Å². The van der Waals surface area contributed by atoms with Gasteiger partial charge >= 0.3 is 0 Å². The van der Waals surface area contributed by atoms with Gasteiger partial charge in [0.05, 0.1) is 5.41 Å². The van der Waals surface area contributed by atoms with Gasteiger partial charge in [-0.15, -0.1) is 0 Å². The fourth-order valence-electron chi connectivity index (χ4n) is 15.9. The Morgan fingerprint density at radius 3 is 0.631 bits per heavy atom. The number of hydrogen-bond acceptors (Lipinski definition) is 3. The molecule has 0 aliphatic heterocycles. The Labute approximate surface area is 600 Å². The predicted octanol–water partition coefficient (Wildman–Crippen LogP) is 25.9. The minimum atomic E-state index is -0.404. The van der Waals surface area contributed by atoms with Gasteiger partial charge < -0.3 is 0 Å². The second-order valence-corrected chi connectivity index (χ2v) is 27.0. The highest BCUT2D eigenvalue weighted by Crippen LogP contribution is 2.63. The summed E-state index contributed by atoms with van der Waals surface area (Å²) >= 11 is 0. The van der Waals surface area contributed by atoms with E-state index in [9.17, 15) is 0 Å². The third-order valence-electron chi connectivity index (χ3n) is 21.0. The number of benzene rings is 16. The Morgan fingerprint density at radius 2 is 0.320 bits per heavy atom. The molecule has 480 valence electrons. The second-order valence-electron chi connectivity index (χ2n) is 27.0. The van der Waals surface area contributed by atoms with Crippen LogP contribution >= 0.6 is 0 Å². The molecule has 19 rings (SSSR count). The van der Waals surface area contributed by atoms with E-state index < -0.39 is 5.41 Å². The Morgan fingerprint density at radius 1 is 0.126 bits per heavy atom. The topological polar surface area (TPSA) is 38.7 Å². The van der Waals surface area contributed by atoms with Crippen molar-refractivity contribution in [3.05, 3.63) is 417 Å². The van der Waals surface area contributed by atoms with Crippen LogP contribution in [0, 0.1) is 0 Å². The van der Waals surface area contributed by atoms with Crippen molar-refractivity contribution >= 4 is 0 Å². The van der Waals surface area contributed by atoms with Crippen LogP contribution in [-0.2, 0) is 5.41 Å². The summed E-state index contributed by atoms with van der Waals surface area (Å²) < 4.78 is 0. The van der Waals surface area contributed by atoms with E-state index >= 15 is 0 Å². The first-order valence-corrected chi connectivity index (χ1v) is 35.3. The monoisotopic (exact) mass is 1310 g/mol. The molecule has 0 atom stereocenters. The minimum absolute atomic E-state index is 0.404. The van der Waals surface area contributed by atoms with Gasteiger partial charge in [0.1, 0.15) is 0 Å². The normalized spacial score (nSPS) is 12.2. The van der Waals surface area contributed by atoms with Crippen LogP contribution in [0.1, 0.15) is 22.3 Å². The van der Waals surface area contributed by atoms with Gasteiger partial charge in [-0.2, -0.15) is 0 Å². The second kappa shape index (κ2) is 25.7. The average Bonchev–Trinajstić information content (AvgIpc) is 1.51. The molecule has 0 radical (unpaired) electrons. The fraction of sp³-hybridized carbons (Fsp3) is 0.0100. The van der Waals surface area contributed by atoms with Crippen LogP contribution in [0.3, 0.4) is 0 Å². The molecule has 3 heteroatoms. The summed E-state index contributed by atoms with van der Waals surface area (Å²) in [5.41, 5.74) is 36.0. The molecule has 3 nitrogen and oxygen atoms in total. The molecular weight excluding hydrogens is 1240 g/mol. The molecule has 1 aromatic heterocycles. The first-order chi connectivity index (χ1) is 51.0. The Balaban J connectivity index is 0.640. The molecule has 0 bridgehead atoms. The van der Waals surface area contributed by atoms with Gasteiger partial charge in [0.2, 0.25) is 0 Å². The molecule has 0 saturated carbocycles. The molecule has 0 N–H and O–H groups in total. The molecular formula is C100H65N3. The minimum Gasteiger partial charge on any atom is -0.208 e. The van der Waals surface area contributed by atoms with Crippen LogP contribution in [0.2, 0.25) is 0 Å². The predicted molar refractivity (Wildman–Crippen MR) is 427 cm³/mol.